The summed E-state index contributed by atoms with van der Waals surface area (Å²) in [6.07, 6.45) is 4.02. The van der Waals surface area contributed by atoms with Crippen molar-refractivity contribution in [2.24, 2.45) is 5.92 Å². The second-order valence-corrected chi connectivity index (χ2v) is 10.0. The van der Waals surface area contributed by atoms with E-state index in [0.717, 1.165) is 36.8 Å². The van der Waals surface area contributed by atoms with Crippen LogP contribution >= 0.6 is 0 Å². The summed E-state index contributed by atoms with van der Waals surface area (Å²) in [5.41, 5.74) is 2.85. The molecule has 0 atom stereocenters. The van der Waals surface area contributed by atoms with Crippen LogP contribution in [0, 0.1) is 19.8 Å². The van der Waals surface area contributed by atoms with E-state index in [1.165, 1.54) is 7.11 Å². The zero-order valence-electron chi connectivity index (χ0n) is 19.2. The summed E-state index contributed by atoms with van der Waals surface area (Å²) in [4.78, 5) is 24.6. The van der Waals surface area contributed by atoms with Crippen LogP contribution in [0.15, 0.2) is 41.3 Å². The third kappa shape index (κ3) is 6.33. The highest BCUT2D eigenvalue weighted by Gasteiger charge is 2.23. The number of sulfonamides is 1. The van der Waals surface area contributed by atoms with Gasteiger partial charge in [-0.2, -0.15) is 0 Å². The average Bonchev–Trinajstić information content (AvgIpc) is 3.34. The molecule has 33 heavy (non-hydrogen) atoms. The summed E-state index contributed by atoms with van der Waals surface area (Å²) in [5.74, 6) is 0.0410. The van der Waals surface area contributed by atoms with Gasteiger partial charge >= 0.3 is 0 Å². The molecule has 0 heterocycles. The maximum absolute atomic E-state index is 12.7. The standard InChI is InChI=1S/C24H31N3O5S/c1-16-14-21(32-3)22(15-17(16)2)33(30,31)26-13-12-25-23(28)19-8-10-20(11-9-19)27-24(29)18-6-4-5-7-18/h8-11,14-15,18,26H,4-7,12-13H2,1-3H3,(H,25,28)(H,27,29). The van der Waals surface area contributed by atoms with Crippen LogP contribution < -0.4 is 20.1 Å². The topological polar surface area (TPSA) is 114 Å². The van der Waals surface area contributed by atoms with Crippen molar-refractivity contribution >= 4 is 27.5 Å². The smallest absolute Gasteiger partial charge is 0.251 e. The number of amides is 2. The van der Waals surface area contributed by atoms with E-state index in [1.807, 2.05) is 13.8 Å². The van der Waals surface area contributed by atoms with E-state index in [9.17, 15) is 18.0 Å². The Hall–Kier alpha value is -2.91. The SMILES string of the molecule is COc1cc(C)c(C)cc1S(=O)(=O)NCCNC(=O)c1ccc(NC(=O)C2CCCC2)cc1. The molecular formula is C24H31N3O5S. The average molecular weight is 474 g/mol. The van der Waals surface area contributed by atoms with Crippen molar-refractivity contribution in [3.63, 3.8) is 0 Å². The molecule has 1 fully saturated rings. The fourth-order valence-electron chi connectivity index (χ4n) is 3.81. The van der Waals surface area contributed by atoms with Gasteiger partial charge in [0, 0.05) is 30.3 Å². The molecule has 0 aliphatic heterocycles. The molecule has 2 aromatic rings. The zero-order valence-corrected chi connectivity index (χ0v) is 20.1. The van der Waals surface area contributed by atoms with Gasteiger partial charge in [0.2, 0.25) is 15.9 Å². The number of anilines is 1. The summed E-state index contributed by atoms with van der Waals surface area (Å²) < 4.78 is 33.1. The maximum atomic E-state index is 12.7. The van der Waals surface area contributed by atoms with Gasteiger partial charge in [0.15, 0.2) is 0 Å². The molecule has 1 aliphatic carbocycles. The van der Waals surface area contributed by atoms with Gasteiger partial charge in [0.05, 0.1) is 7.11 Å². The number of ether oxygens (including phenoxy) is 1. The molecule has 0 aromatic heterocycles. The molecular weight excluding hydrogens is 442 g/mol. The highest BCUT2D eigenvalue weighted by atomic mass is 32.2. The number of benzene rings is 2. The third-order valence-electron chi connectivity index (χ3n) is 5.91. The van der Waals surface area contributed by atoms with Gasteiger partial charge in [-0.25, -0.2) is 13.1 Å². The number of carbonyl (C=O) groups is 2. The van der Waals surface area contributed by atoms with E-state index in [0.29, 0.717) is 11.3 Å². The Morgan fingerprint density at radius 3 is 2.27 bits per heavy atom. The van der Waals surface area contributed by atoms with Crippen molar-refractivity contribution in [3.8, 4) is 5.75 Å². The van der Waals surface area contributed by atoms with Gasteiger partial charge in [-0.05, 0) is 74.2 Å². The molecule has 1 saturated carbocycles. The first-order chi connectivity index (χ1) is 15.7. The van der Waals surface area contributed by atoms with Crippen molar-refractivity contribution in [1.29, 1.82) is 0 Å². The van der Waals surface area contributed by atoms with Gasteiger partial charge in [-0.15, -0.1) is 0 Å². The molecule has 178 valence electrons. The lowest BCUT2D eigenvalue weighted by atomic mass is 10.1. The number of hydrogen-bond donors (Lipinski definition) is 3. The van der Waals surface area contributed by atoms with Crippen LogP contribution in [0.4, 0.5) is 5.69 Å². The minimum atomic E-state index is -3.80. The number of hydrogen-bond acceptors (Lipinski definition) is 5. The van der Waals surface area contributed by atoms with E-state index in [4.69, 9.17) is 4.74 Å². The Morgan fingerprint density at radius 2 is 1.64 bits per heavy atom. The fraction of sp³-hybridized carbons (Fsp3) is 0.417. The Labute approximate surface area is 195 Å². The first-order valence-corrected chi connectivity index (χ1v) is 12.5. The summed E-state index contributed by atoms with van der Waals surface area (Å²) in [6, 6.07) is 9.90. The third-order valence-corrected chi connectivity index (χ3v) is 7.39. The molecule has 0 saturated heterocycles. The molecule has 3 rings (SSSR count). The summed E-state index contributed by atoms with van der Waals surface area (Å²) in [6.45, 7) is 3.86. The highest BCUT2D eigenvalue weighted by molar-refractivity contribution is 7.89. The van der Waals surface area contributed by atoms with Gasteiger partial charge < -0.3 is 15.4 Å². The second-order valence-electron chi connectivity index (χ2n) is 8.29. The Bertz CT molecular complexity index is 1110. The summed E-state index contributed by atoms with van der Waals surface area (Å²) >= 11 is 0. The van der Waals surface area contributed by atoms with Crippen molar-refractivity contribution in [1.82, 2.24) is 10.0 Å². The number of rotatable bonds is 9. The fourth-order valence-corrected chi connectivity index (χ4v) is 5.08. The van der Waals surface area contributed by atoms with Crippen molar-refractivity contribution in [2.45, 2.75) is 44.4 Å². The van der Waals surface area contributed by atoms with Crippen LogP contribution in [0.1, 0.15) is 47.2 Å². The van der Waals surface area contributed by atoms with Gasteiger partial charge in [0.1, 0.15) is 10.6 Å². The normalized spacial score (nSPS) is 14.2. The van der Waals surface area contributed by atoms with Crippen LogP contribution in [0.3, 0.4) is 0 Å². The van der Waals surface area contributed by atoms with Crippen molar-refractivity contribution in [3.05, 3.63) is 53.1 Å². The molecule has 2 aromatic carbocycles. The molecule has 0 radical (unpaired) electrons. The van der Waals surface area contributed by atoms with Crippen LogP contribution in [-0.4, -0.2) is 40.4 Å². The lowest BCUT2D eigenvalue weighted by Crippen LogP contribution is -2.34. The van der Waals surface area contributed by atoms with Gasteiger partial charge in [0.25, 0.3) is 5.91 Å². The largest absolute Gasteiger partial charge is 0.495 e. The molecule has 0 unspecified atom stereocenters. The Morgan fingerprint density at radius 1 is 1.00 bits per heavy atom. The van der Waals surface area contributed by atoms with Crippen LogP contribution in [0.25, 0.3) is 0 Å². The van der Waals surface area contributed by atoms with Gasteiger partial charge in [-0.3, -0.25) is 9.59 Å². The first kappa shape index (κ1) is 24.7. The summed E-state index contributed by atoms with van der Waals surface area (Å²) in [7, 11) is -2.37. The first-order valence-electron chi connectivity index (χ1n) is 11.1. The lowest BCUT2D eigenvalue weighted by molar-refractivity contribution is -0.119. The number of aryl methyl sites for hydroxylation is 2. The van der Waals surface area contributed by atoms with E-state index >= 15 is 0 Å². The summed E-state index contributed by atoms with van der Waals surface area (Å²) in [5, 5.41) is 5.59. The Kier molecular flexibility index (Phi) is 8.10. The van der Waals surface area contributed by atoms with E-state index < -0.39 is 10.0 Å². The number of nitrogens with one attached hydrogen (secondary N) is 3. The quantitative estimate of drug-likeness (QED) is 0.484. The van der Waals surface area contributed by atoms with E-state index in [2.05, 4.69) is 15.4 Å². The van der Waals surface area contributed by atoms with Crippen LogP contribution in [0.2, 0.25) is 0 Å². The zero-order chi connectivity index (χ0) is 24.0. The predicted octanol–water partition coefficient (Wildman–Crippen LogP) is 3.15. The van der Waals surface area contributed by atoms with Crippen molar-refractivity contribution in [2.75, 3.05) is 25.5 Å². The molecule has 0 bridgehead atoms. The monoisotopic (exact) mass is 473 g/mol. The second kappa shape index (κ2) is 10.8. The molecule has 1 aliphatic rings. The molecule has 2 amide bonds. The van der Waals surface area contributed by atoms with Crippen molar-refractivity contribution < 1.29 is 22.7 Å². The molecule has 0 spiro atoms. The van der Waals surface area contributed by atoms with Crippen LogP contribution in [0.5, 0.6) is 5.75 Å². The van der Waals surface area contributed by atoms with E-state index in [1.54, 1.807) is 36.4 Å². The highest BCUT2D eigenvalue weighted by Crippen LogP contribution is 2.27. The van der Waals surface area contributed by atoms with Gasteiger partial charge in [-0.1, -0.05) is 12.8 Å². The molecule has 3 N–H and O–H groups in total. The number of methoxy groups -OCH3 is 1. The Balaban J connectivity index is 1.50. The molecule has 8 nitrogen and oxygen atoms in total. The number of carbonyl (C=O) groups excluding carboxylic acids is 2. The van der Waals surface area contributed by atoms with Crippen LogP contribution in [-0.2, 0) is 14.8 Å². The molecule has 9 heteroatoms. The predicted molar refractivity (Wildman–Crippen MR) is 127 cm³/mol. The minimum absolute atomic E-state index is 0.0254. The van der Waals surface area contributed by atoms with E-state index in [-0.39, 0.29) is 41.5 Å². The lowest BCUT2D eigenvalue weighted by Gasteiger charge is -2.13. The minimum Gasteiger partial charge on any atom is -0.495 e. The maximum Gasteiger partial charge on any atom is 0.251 e.